The second-order valence-corrected chi connectivity index (χ2v) is 3.41. The summed E-state index contributed by atoms with van der Waals surface area (Å²) in [5.74, 6) is -1.33. The van der Waals surface area contributed by atoms with E-state index in [0.29, 0.717) is 0 Å². The Morgan fingerprint density at radius 3 is 2.29 bits per heavy atom. The van der Waals surface area contributed by atoms with Crippen LogP contribution in [0.5, 0.6) is 0 Å². The van der Waals surface area contributed by atoms with Gasteiger partial charge in [0.25, 0.3) is 0 Å². The number of esters is 1. The molecule has 1 radical (unpaired) electrons. The van der Waals surface area contributed by atoms with Crippen LogP contribution in [0.3, 0.4) is 0 Å². The van der Waals surface area contributed by atoms with Gasteiger partial charge in [0.15, 0.2) is 6.61 Å². The van der Waals surface area contributed by atoms with Gasteiger partial charge in [0, 0.05) is 19.5 Å². The predicted molar refractivity (Wildman–Crippen MR) is 36.3 cm³/mol. The first-order chi connectivity index (χ1) is 5.70. The van der Waals surface area contributed by atoms with E-state index in [1.165, 1.54) is 0 Å². The summed E-state index contributed by atoms with van der Waals surface area (Å²) in [6, 6.07) is 0. The maximum absolute atomic E-state index is 12.3. The minimum Gasteiger partial charge on any atom is -0.482 e. The zero-order valence-corrected chi connectivity index (χ0v) is 8.95. The quantitative estimate of drug-likeness (QED) is 0.259. The summed E-state index contributed by atoms with van der Waals surface area (Å²) in [5, 5.41) is -4.51. The van der Waals surface area contributed by atoms with Crippen LogP contribution in [-0.2, 0) is 39.1 Å². The molecule has 0 heterocycles. The molecule has 0 aromatic carbocycles. The minimum absolute atomic E-state index is 0. The summed E-state index contributed by atoms with van der Waals surface area (Å²) >= 11 is 0. The molecule has 9 heteroatoms. The van der Waals surface area contributed by atoms with E-state index in [4.69, 9.17) is 4.55 Å². The molecule has 5 nitrogen and oxygen atoms in total. The summed E-state index contributed by atoms with van der Waals surface area (Å²) in [6.45, 7) is 0.996. The molecule has 0 saturated carbocycles. The molecule has 0 aromatic heterocycles. The molecule has 0 aliphatic rings. The van der Waals surface area contributed by atoms with Gasteiger partial charge in [0.05, 0.1) is 0 Å². The van der Waals surface area contributed by atoms with Crippen LogP contribution in [0.25, 0.3) is 0 Å². The van der Waals surface area contributed by atoms with Crippen molar-refractivity contribution < 1.29 is 50.8 Å². The topological polar surface area (TPSA) is 80.7 Å². The molecule has 0 spiro atoms. The average Bonchev–Trinajstić information content (AvgIpc) is 1.98. The second kappa shape index (κ2) is 5.48. The standard InChI is InChI=1S/C5H5F2O5S.Rh/c1-2-4(8)12-3-5(6,7)13(9,10)11;/h1,3H2,(H,9,10,11);/q-1;. The number of hydrogen-bond acceptors (Lipinski definition) is 4. The Hall–Kier alpha value is -0.397. The third kappa shape index (κ3) is 4.73. The first-order valence-electron chi connectivity index (χ1n) is 2.75. The van der Waals surface area contributed by atoms with Crippen molar-refractivity contribution in [2.75, 3.05) is 6.61 Å². The molecular weight excluding hydrogens is 313 g/mol. The Kier molecular flexibility index (Phi) is 6.28. The number of rotatable bonds is 4. The van der Waals surface area contributed by atoms with E-state index >= 15 is 0 Å². The molecular formula is C5H5F2O5RhS-. The van der Waals surface area contributed by atoms with Crippen molar-refractivity contribution in [3.63, 3.8) is 0 Å². The summed E-state index contributed by atoms with van der Waals surface area (Å²) in [4.78, 5) is 10.2. The molecule has 1 N–H and O–H groups in total. The second-order valence-electron chi connectivity index (χ2n) is 1.87. The average molecular weight is 318 g/mol. The molecule has 0 bridgehead atoms. The molecule has 0 aliphatic carbocycles. The van der Waals surface area contributed by atoms with Gasteiger partial charge in [-0.05, 0) is 0 Å². The van der Waals surface area contributed by atoms with E-state index < -0.39 is 27.9 Å². The normalized spacial score (nSPS) is 11.4. The van der Waals surface area contributed by atoms with Crippen LogP contribution in [-0.4, -0.2) is 30.8 Å². The Labute approximate surface area is 91.6 Å². The molecule has 0 unspecified atom stereocenters. The first-order valence-corrected chi connectivity index (χ1v) is 4.19. The van der Waals surface area contributed by atoms with Crippen molar-refractivity contribution in [2.24, 2.45) is 0 Å². The van der Waals surface area contributed by atoms with E-state index in [2.05, 4.69) is 11.3 Å². The molecule has 0 fully saturated rings. The minimum atomic E-state index is -5.56. The number of carbonyl (C=O) groups excluding carboxylic acids is 1. The van der Waals surface area contributed by atoms with Gasteiger partial charge in [-0.25, -0.2) is 0 Å². The van der Waals surface area contributed by atoms with Gasteiger partial charge in [-0.1, -0.05) is 0 Å². The maximum Gasteiger partial charge on any atom is 0.402 e. The number of alkyl halides is 2. The monoisotopic (exact) mass is 318 g/mol. The van der Waals surface area contributed by atoms with Crippen LogP contribution in [0.4, 0.5) is 8.78 Å². The van der Waals surface area contributed by atoms with Crippen molar-refractivity contribution in [1.82, 2.24) is 0 Å². The number of hydrogen-bond donors (Lipinski definition) is 1. The van der Waals surface area contributed by atoms with Crippen LogP contribution in [0.2, 0.25) is 0 Å². The van der Waals surface area contributed by atoms with Gasteiger partial charge in [0.2, 0.25) is 0 Å². The van der Waals surface area contributed by atoms with Gasteiger partial charge in [0.1, 0.15) is 5.97 Å². The van der Waals surface area contributed by atoms with E-state index in [9.17, 15) is 22.0 Å². The van der Waals surface area contributed by atoms with Crippen molar-refractivity contribution in [3.8, 4) is 0 Å². The smallest absolute Gasteiger partial charge is 0.402 e. The molecule has 0 rings (SSSR count). The zero-order valence-electron chi connectivity index (χ0n) is 6.49. The van der Waals surface area contributed by atoms with Gasteiger partial charge >= 0.3 is 15.4 Å². The van der Waals surface area contributed by atoms with E-state index in [-0.39, 0.29) is 19.5 Å². The third-order valence-electron chi connectivity index (χ3n) is 0.893. The Balaban J connectivity index is 0. The molecule has 0 aromatic rings. The fourth-order valence-electron chi connectivity index (χ4n) is 0.275. The van der Waals surface area contributed by atoms with Crippen LogP contribution >= 0.6 is 0 Å². The number of ether oxygens (including phenoxy) is 1. The van der Waals surface area contributed by atoms with Gasteiger partial charge in [-0.2, -0.15) is 17.2 Å². The van der Waals surface area contributed by atoms with E-state index in [1.807, 2.05) is 0 Å². The van der Waals surface area contributed by atoms with Crippen molar-refractivity contribution in [1.29, 1.82) is 0 Å². The van der Waals surface area contributed by atoms with Crippen LogP contribution in [0.15, 0.2) is 6.58 Å². The third-order valence-corrected chi connectivity index (χ3v) is 1.77. The zero-order chi connectivity index (χ0) is 10.7. The van der Waals surface area contributed by atoms with Crippen LogP contribution in [0, 0.1) is 6.08 Å². The fraction of sp³-hybridized carbons (Fsp3) is 0.400. The first kappa shape index (κ1) is 16.0. The Bertz CT molecular complexity index is 312. The van der Waals surface area contributed by atoms with E-state index in [1.54, 1.807) is 6.08 Å². The molecule has 0 amide bonds. The van der Waals surface area contributed by atoms with Gasteiger partial charge in [-0.3, -0.25) is 15.9 Å². The summed E-state index contributed by atoms with van der Waals surface area (Å²) in [5.41, 5.74) is 0. The Morgan fingerprint density at radius 1 is 1.57 bits per heavy atom. The summed E-state index contributed by atoms with van der Waals surface area (Å²) in [6.07, 6.45) is 1.57. The summed E-state index contributed by atoms with van der Waals surface area (Å²) < 4.78 is 56.0. The van der Waals surface area contributed by atoms with Crippen molar-refractivity contribution >= 4 is 16.1 Å². The Morgan fingerprint density at radius 2 is 2.00 bits per heavy atom. The van der Waals surface area contributed by atoms with Crippen LogP contribution in [0.1, 0.15) is 0 Å². The molecule has 85 valence electrons. The predicted octanol–water partition coefficient (Wildman–Crippen LogP) is -0.00311. The number of halogens is 2. The van der Waals surface area contributed by atoms with Crippen LogP contribution < -0.4 is 0 Å². The molecule has 0 aliphatic heterocycles. The molecule has 0 saturated heterocycles. The van der Waals surface area contributed by atoms with E-state index in [0.717, 1.165) is 0 Å². The van der Waals surface area contributed by atoms with Crippen molar-refractivity contribution in [3.05, 3.63) is 12.7 Å². The fourth-order valence-corrected chi connectivity index (χ4v) is 0.483. The van der Waals surface area contributed by atoms with Gasteiger partial charge in [-0.15, -0.1) is 0 Å². The van der Waals surface area contributed by atoms with Gasteiger partial charge < -0.3 is 10.8 Å². The summed E-state index contributed by atoms with van der Waals surface area (Å²) in [7, 11) is -5.56. The molecule has 14 heavy (non-hydrogen) atoms. The largest absolute Gasteiger partial charge is 0.482 e. The van der Waals surface area contributed by atoms with Crippen molar-refractivity contribution in [2.45, 2.75) is 5.25 Å². The maximum atomic E-state index is 12.3. The number of carbonyl (C=O) groups is 1. The molecule has 0 atom stereocenters. The SMILES string of the molecule is C=[C-]C(=O)OCC(F)(F)S(=O)(=O)O.[Rh].